The second-order valence-corrected chi connectivity index (χ2v) is 5.20. The number of halogens is 3. The molecule has 0 amide bonds. The lowest BCUT2D eigenvalue weighted by Gasteiger charge is -2.09. The van der Waals surface area contributed by atoms with E-state index in [-0.39, 0.29) is 0 Å². The molecule has 0 aliphatic carbocycles. The van der Waals surface area contributed by atoms with E-state index in [9.17, 15) is 13.2 Å². The molecule has 20 heavy (non-hydrogen) atoms. The van der Waals surface area contributed by atoms with Crippen LogP contribution in [0, 0.1) is 0 Å². The lowest BCUT2D eigenvalue weighted by atomic mass is 10.2. The Kier molecular flexibility index (Phi) is 4.95. The molecule has 2 rings (SSSR count). The third-order valence-electron chi connectivity index (χ3n) is 2.55. The molecule has 0 spiro atoms. The van der Waals surface area contributed by atoms with Crippen molar-refractivity contribution in [3.05, 3.63) is 60.2 Å². The number of ether oxygens (including phenoxy) is 1. The third-order valence-corrected chi connectivity index (χ3v) is 3.52. The maximum Gasteiger partial charge on any atom is 0.416 e. The highest BCUT2D eigenvalue weighted by atomic mass is 32.2. The van der Waals surface area contributed by atoms with Crippen molar-refractivity contribution in [3.8, 4) is 5.75 Å². The summed E-state index contributed by atoms with van der Waals surface area (Å²) in [5.74, 6) is 1.19. The summed E-state index contributed by atoms with van der Waals surface area (Å²) in [7, 11) is 0. The Bertz CT molecular complexity index is 523. The molecule has 0 saturated carbocycles. The lowest BCUT2D eigenvalue weighted by molar-refractivity contribution is -0.137. The van der Waals surface area contributed by atoms with Gasteiger partial charge in [-0.25, -0.2) is 0 Å². The molecule has 0 heterocycles. The van der Waals surface area contributed by atoms with Crippen LogP contribution in [0.1, 0.15) is 5.56 Å². The first-order valence-corrected chi connectivity index (χ1v) is 7.02. The molecule has 0 aliphatic heterocycles. The van der Waals surface area contributed by atoms with E-state index < -0.39 is 11.7 Å². The summed E-state index contributed by atoms with van der Waals surface area (Å²) in [4.78, 5) is 1.14. The van der Waals surface area contributed by atoms with Gasteiger partial charge in [-0.3, -0.25) is 0 Å². The molecule has 0 N–H and O–H groups in total. The Hall–Kier alpha value is -1.62. The van der Waals surface area contributed by atoms with Crippen molar-refractivity contribution in [2.45, 2.75) is 11.1 Å². The predicted octanol–water partition coefficient (Wildman–Crippen LogP) is 4.88. The Morgan fingerprint density at radius 1 is 0.900 bits per heavy atom. The van der Waals surface area contributed by atoms with Gasteiger partial charge in [-0.2, -0.15) is 13.2 Å². The van der Waals surface area contributed by atoms with Crippen molar-refractivity contribution in [1.82, 2.24) is 0 Å². The highest BCUT2D eigenvalue weighted by Crippen LogP contribution is 2.30. The van der Waals surface area contributed by atoms with Crippen LogP contribution in [0.2, 0.25) is 0 Å². The van der Waals surface area contributed by atoms with Gasteiger partial charge in [0, 0.05) is 10.6 Å². The van der Waals surface area contributed by atoms with E-state index in [1.54, 1.807) is 11.8 Å². The van der Waals surface area contributed by atoms with Crippen molar-refractivity contribution in [2.24, 2.45) is 0 Å². The molecular weight excluding hydrogens is 285 g/mol. The van der Waals surface area contributed by atoms with E-state index in [4.69, 9.17) is 4.74 Å². The molecule has 0 aliphatic rings. The fraction of sp³-hybridized carbons (Fsp3) is 0.200. The molecule has 0 aromatic heterocycles. The quantitative estimate of drug-likeness (QED) is 0.575. The monoisotopic (exact) mass is 298 g/mol. The number of thioether (sulfide) groups is 1. The molecule has 0 bridgehead atoms. The first-order chi connectivity index (χ1) is 9.55. The maximum atomic E-state index is 12.4. The van der Waals surface area contributed by atoms with Crippen molar-refractivity contribution < 1.29 is 17.9 Å². The largest absolute Gasteiger partial charge is 0.493 e. The summed E-state index contributed by atoms with van der Waals surface area (Å²) in [6.07, 6.45) is -4.30. The Morgan fingerprint density at radius 2 is 1.55 bits per heavy atom. The van der Waals surface area contributed by atoms with Gasteiger partial charge in [-0.05, 0) is 36.4 Å². The van der Waals surface area contributed by atoms with Crippen LogP contribution in [0.15, 0.2) is 59.5 Å². The Balaban J connectivity index is 1.77. The van der Waals surface area contributed by atoms with Gasteiger partial charge in [0.2, 0.25) is 0 Å². The van der Waals surface area contributed by atoms with Gasteiger partial charge >= 0.3 is 6.18 Å². The van der Waals surface area contributed by atoms with Crippen molar-refractivity contribution >= 4 is 11.8 Å². The summed E-state index contributed by atoms with van der Waals surface area (Å²) >= 11 is 1.64. The zero-order valence-electron chi connectivity index (χ0n) is 10.6. The average molecular weight is 298 g/mol. The second-order valence-electron chi connectivity index (χ2n) is 4.03. The topological polar surface area (TPSA) is 9.23 Å². The minimum absolute atomic E-state index is 0.449. The van der Waals surface area contributed by atoms with Crippen LogP contribution >= 0.6 is 11.8 Å². The molecule has 5 heteroatoms. The van der Waals surface area contributed by atoms with E-state index in [0.717, 1.165) is 22.8 Å². The van der Waals surface area contributed by atoms with Crippen LogP contribution in [-0.4, -0.2) is 12.4 Å². The molecule has 0 fully saturated rings. The molecule has 2 aromatic rings. The molecule has 0 saturated heterocycles. The predicted molar refractivity (Wildman–Crippen MR) is 74.1 cm³/mol. The SMILES string of the molecule is FC(F)(F)c1ccc(OCCSc2ccccc2)cc1. The molecule has 0 atom stereocenters. The van der Waals surface area contributed by atoms with Crippen molar-refractivity contribution in [3.63, 3.8) is 0 Å². The smallest absolute Gasteiger partial charge is 0.416 e. The number of hydrogen-bond acceptors (Lipinski definition) is 2. The van der Waals surface area contributed by atoms with E-state index >= 15 is 0 Å². The van der Waals surface area contributed by atoms with Crippen LogP contribution in [0.5, 0.6) is 5.75 Å². The second kappa shape index (κ2) is 6.70. The number of alkyl halides is 3. The fourth-order valence-corrected chi connectivity index (χ4v) is 2.33. The van der Waals surface area contributed by atoms with Gasteiger partial charge < -0.3 is 4.74 Å². The van der Waals surface area contributed by atoms with Gasteiger partial charge in [0.15, 0.2) is 0 Å². The standard InChI is InChI=1S/C15H13F3OS/c16-15(17,18)12-6-8-13(9-7-12)19-10-11-20-14-4-2-1-3-5-14/h1-9H,10-11H2. The van der Waals surface area contributed by atoms with Gasteiger partial charge in [0.1, 0.15) is 5.75 Å². The van der Waals surface area contributed by atoms with Crippen LogP contribution in [0.25, 0.3) is 0 Å². The van der Waals surface area contributed by atoms with E-state index in [1.807, 2.05) is 30.3 Å². The molecule has 0 unspecified atom stereocenters. The van der Waals surface area contributed by atoms with Crippen LogP contribution < -0.4 is 4.74 Å². The van der Waals surface area contributed by atoms with Crippen molar-refractivity contribution in [2.75, 3.05) is 12.4 Å². The molecule has 106 valence electrons. The summed E-state index contributed by atoms with van der Waals surface area (Å²) in [6, 6.07) is 14.6. The van der Waals surface area contributed by atoms with E-state index in [0.29, 0.717) is 12.4 Å². The fourth-order valence-electron chi connectivity index (χ4n) is 1.58. The Labute approximate surface area is 119 Å². The summed E-state index contributed by atoms with van der Waals surface area (Å²) < 4.78 is 42.5. The summed E-state index contributed by atoms with van der Waals surface area (Å²) in [5, 5.41) is 0. The number of hydrogen-bond donors (Lipinski definition) is 0. The van der Waals surface area contributed by atoms with Gasteiger partial charge in [0.25, 0.3) is 0 Å². The van der Waals surface area contributed by atoms with E-state index in [1.165, 1.54) is 12.1 Å². The lowest BCUT2D eigenvalue weighted by Crippen LogP contribution is -2.05. The van der Waals surface area contributed by atoms with Crippen LogP contribution in [0.3, 0.4) is 0 Å². The average Bonchev–Trinajstić information content (AvgIpc) is 2.44. The third kappa shape index (κ3) is 4.49. The highest BCUT2D eigenvalue weighted by Gasteiger charge is 2.29. The summed E-state index contributed by atoms with van der Waals surface area (Å²) in [6.45, 7) is 0.449. The maximum absolute atomic E-state index is 12.4. The van der Waals surface area contributed by atoms with E-state index in [2.05, 4.69) is 0 Å². The zero-order valence-corrected chi connectivity index (χ0v) is 11.4. The zero-order chi connectivity index (χ0) is 14.4. The van der Waals surface area contributed by atoms with Crippen molar-refractivity contribution in [1.29, 1.82) is 0 Å². The van der Waals surface area contributed by atoms with Gasteiger partial charge in [-0.15, -0.1) is 11.8 Å². The first-order valence-electron chi connectivity index (χ1n) is 6.03. The molecule has 0 radical (unpaired) electrons. The molecule has 2 aromatic carbocycles. The Morgan fingerprint density at radius 3 is 2.15 bits per heavy atom. The normalized spacial score (nSPS) is 11.3. The van der Waals surface area contributed by atoms with Crippen LogP contribution in [0.4, 0.5) is 13.2 Å². The number of rotatable bonds is 5. The summed E-state index contributed by atoms with van der Waals surface area (Å²) in [5.41, 5.74) is -0.663. The van der Waals surface area contributed by atoms with Gasteiger partial charge in [0.05, 0.1) is 12.2 Å². The first kappa shape index (κ1) is 14.8. The number of benzene rings is 2. The molecular formula is C15H13F3OS. The molecule has 1 nitrogen and oxygen atoms in total. The highest BCUT2D eigenvalue weighted by molar-refractivity contribution is 7.99. The minimum Gasteiger partial charge on any atom is -0.493 e. The minimum atomic E-state index is -4.30. The van der Waals surface area contributed by atoms with Gasteiger partial charge in [-0.1, -0.05) is 18.2 Å². The van der Waals surface area contributed by atoms with Crippen LogP contribution in [-0.2, 0) is 6.18 Å².